The third-order valence-electron chi connectivity index (χ3n) is 2.83. The topological polar surface area (TPSA) is 101 Å². The molecular formula is C11H12N2O4S. The molecule has 2 amide bonds. The van der Waals surface area contributed by atoms with Crippen molar-refractivity contribution in [2.24, 2.45) is 5.73 Å². The number of carbonyl (C=O) groups is 1. The van der Waals surface area contributed by atoms with E-state index in [0.717, 1.165) is 5.41 Å². The lowest BCUT2D eigenvalue weighted by Crippen LogP contribution is -2.39. The first-order valence-electron chi connectivity index (χ1n) is 5.18. The van der Waals surface area contributed by atoms with Gasteiger partial charge in [-0.05, 0) is 24.1 Å². The number of nitrogens with zero attached hydrogens (tertiary/aromatic N) is 1. The van der Waals surface area contributed by atoms with Crippen molar-refractivity contribution < 1.29 is 18.4 Å². The maximum Gasteiger partial charge on any atom is 0.339 e. The van der Waals surface area contributed by atoms with E-state index in [1.54, 1.807) is 18.2 Å². The molecule has 18 heavy (non-hydrogen) atoms. The number of urea groups is 1. The van der Waals surface area contributed by atoms with Crippen LogP contribution in [0.5, 0.6) is 0 Å². The van der Waals surface area contributed by atoms with Gasteiger partial charge < -0.3 is 5.73 Å². The highest BCUT2D eigenvalue weighted by molar-refractivity contribution is 7.95. The number of fused-ring (bicyclic) bond motifs is 1. The molecule has 0 saturated heterocycles. The second-order valence-corrected chi connectivity index (χ2v) is 5.74. The first kappa shape index (κ1) is 12.6. The van der Waals surface area contributed by atoms with Crippen molar-refractivity contribution in [3.8, 4) is 0 Å². The predicted molar refractivity (Wildman–Crippen MR) is 64.3 cm³/mol. The minimum absolute atomic E-state index is 0.171. The molecule has 0 spiro atoms. The summed E-state index contributed by atoms with van der Waals surface area (Å²) in [5, 5.41) is 10.8. The van der Waals surface area contributed by atoms with E-state index >= 15 is 0 Å². The minimum Gasteiger partial charge on any atom is -0.350 e. The Bertz CT molecular complexity index is 636. The number of rotatable bonds is 2. The molecule has 1 unspecified atom stereocenters. The van der Waals surface area contributed by atoms with Crippen molar-refractivity contribution in [1.82, 2.24) is 5.06 Å². The minimum atomic E-state index is -3.51. The highest BCUT2D eigenvalue weighted by Crippen LogP contribution is 2.36. The van der Waals surface area contributed by atoms with Crippen molar-refractivity contribution in [1.29, 1.82) is 0 Å². The average molecular weight is 268 g/mol. The van der Waals surface area contributed by atoms with Gasteiger partial charge in [-0.25, -0.2) is 13.2 Å². The van der Waals surface area contributed by atoms with E-state index in [4.69, 9.17) is 5.73 Å². The Balaban J connectivity index is 2.52. The molecule has 6 nitrogen and oxygen atoms in total. The summed E-state index contributed by atoms with van der Waals surface area (Å²) in [5.41, 5.74) is 5.77. The molecule has 0 fully saturated rings. The molecular weight excluding hydrogens is 256 g/mol. The smallest absolute Gasteiger partial charge is 0.339 e. The molecule has 1 heterocycles. The van der Waals surface area contributed by atoms with Gasteiger partial charge >= 0.3 is 6.03 Å². The van der Waals surface area contributed by atoms with E-state index < -0.39 is 21.9 Å². The summed E-state index contributed by atoms with van der Waals surface area (Å²) in [6, 6.07) is 4.53. The van der Waals surface area contributed by atoms with Gasteiger partial charge in [-0.15, -0.1) is 0 Å². The molecule has 0 aliphatic carbocycles. The van der Waals surface area contributed by atoms with Gasteiger partial charge in [-0.3, -0.25) is 5.21 Å². The second kappa shape index (κ2) is 4.11. The van der Waals surface area contributed by atoms with Crippen LogP contribution in [0.25, 0.3) is 5.57 Å². The van der Waals surface area contributed by atoms with E-state index in [2.05, 4.69) is 0 Å². The highest BCUT2D eigenvalue weighted by atomic mass is 32.2. The molecule has 1 atom stereocenters. The number of hydrogen-bond acceptors (Lipinski definition) is 4. The molecule has 96 valence electrons. The highest BCUT2D eigenvalue weighted by Gasteiger charge is 2.32. The molecule has 1 aliphatic heterocycles. The molecule has 0 saturated carbocycles. The zero-order valence-corrected chi connectivity index (χ0v) is 10.4. The number of benzene rings is 1. The van der Waals surface area contributed by atoms with Gasteiger partial charge in [0.05, 0.1) is 10.9 Å². The van der Waals surface area contributed by atoms with Crippen molar-refractivity contribution in [2.45, 2.75) is 17.9 Å². The number of primary amides is 1. The van der Waals surface area contributed by atoms with E-state index in [1.165, 1.54) is 13.0 Å². The molecule has 7 heteroatoms. The molecule has 3 N–H and O–H groups in total. The van der Waals surface area contributed by atoms with Crippen LogP contribution < -0.4 is 5.73 Å². The molecule has 1 aromatic rings. The number of sulfone groups is 1. The Kier molecular flexibility index (Phi) is 2.88. The van der Waals surface area contributed by atoms with Crippen molar-refractivity contribution in [3.63, 3.8) is 0 Å². The lowest BCUT2D eigenvalue weighted by Gasteiger charge is -2.21. The number of carbonyl (C=O) groups excluding carboxylic acids is 1. The van der Waals surface area contributed by atoms with Crippen molar-refractivity contribution >= 4 is 21.4 Å². The Morgan fingerprint density at radius 3 is 2.61 bits per heavy atom. The van der Waals surface area contributed by atoms with E-state index in [0.29, 0.717) is 16.2 Å². The fraction of sp³-hybridized carbons (Fsp3) is 0.182. The average Bonchev–Trinajstić information content (AvgIpc) is 2.60. The lowest BCUT2D eigenvalue weighted by atomic mass is 10.0. The Hall–Kier alpha value is -1.86. The maximum atomic E-state index is 11.9. The van der Waals surface area contributed by atoms with Gasteiger partial charge in [0.25, 0.3) is 0 Å². The van der Waals surface area contributed by atoms with Gasteiger partial charge in [0.2, 0.25) is 9.84 Å². The van der Waals surface area contributed by atoms with Crippen LogP contribution in [-0.2, 0) is 9.84 Å². The van der Waals surface area contributed by atoms with Crippen LogP contribution in [0.4, 0.5) is 4.79 Å². The first-order chi connectivity index (χ1) is 8.34. The standard InChI is InChI=1S/C11H12N2O4S/c1-7(13(15)11(12)14)9-6-18(16,17)10-5-3-2-4-8(9)10/h2-7,15H,1H3,(H2,12,14). The summed E-state index contributed by atoms with van der Waals surface area (Å²) in [6.07, 6.45) is 0. The van der Waals surface area contributed by atoms with E-state index in [1.807, 2.05) is 0 Å². The predicted octanol–water partition coefficient (Wildman–Crippen LogP) is 0.973. The third-order valence-corrected chi connectivity index (χ3v) is 4.36. The van der Waals surface area contributed by atoms with Crippen LogP contribution in [-0.4, -0.2) is 30.8 Å². The van der Waals surface area contributed by atoms with Crippen LogP contribution in [0, 0.1) is 0 Å². The van der Waals surface area contributed by atoms with E-state index in [9.17, 15) is 18.4 Å². The number of amides is 2. The number of hydrogen-bond donors (Lipinski definition) is 2. The summed E-state index contributed by atoms with van der Waals surface area (Å²) in [4.78, 5) is 11.1. The van der Waals surface area contributed by atoms with Crippen LogP contribution in [0.3, 0.4) is 0 Å². The molecule has 1 aliphatic rings. The molecule has 0 aromatic heterocycles. The SMILES string of the molecule is CC(C1=CS(=O)(=O)c2ccccc21)N(O)C(N)=O. The van der Waals surface area contributed by atoms with Crippen LogP contribution in [0.2, 0.25) is 0 Å². The molecule has 0 radical (unpaired) electrons. The molecule has 0 bridgehead atoms. The fourth-order valence-corrected chi connectivity index (χ4v) is 3.44. The fourth-order valence-electron chi connectivity index (χ4n) is 1.89. The van der Waals surface area contributed by atoms with Crippen LogP contribution in [0.15, 0.2) is 34.6 Å². The van der Waals surface area contributed by atoms with Crippen molar-refractivity contribution in [2.75, 3.05) is 0 Å². The summed E-state index contributed by atoms with van der Waals surface area (Å²) >= 11 is 0. The number of hydroxylamine groups is 2. The Morgan fingerprint density at radius 1 is 1.39 bits per heavy atom. The van der Waals surface area contributed by atoms with Gasteiger partial charge in [0.1, 0.15) is 0 Å². The van der Waals surface area contributed by atoms with Gasteiger partial charge in [0, 0.05) is 5.41 Å². The second-order valence-electron chi connectivity index (χ2n) is 3.97. The summed E-state index contributed by atoms with van der Waals surface area (Å²) in [7, 11) is -3.51. The zero-order valence-electron chi connectivity index (χ0n) is 9.57. The van der Waals surface area contributed by atoms with Gasteiger partial charge in [-0.2, -0.15) is 5.06 Å². The van der Waals surface area contributed by atoms with Crippen molar-refractivity contribution in [3.05, 3.63) is 35.2 Å². The summed E-state index contributed by atoms with van der Waals surface area (Å²) < 4.78 is 23.7. The number of nitrogens with two attached hydrogens (primary N) is 1. The van der Waals surface area contributed by atoms with E-state index in [-0.39, 0.29) is 4.90 Å². The lowest BCUT2D eigenvalue weighted by molar-refractivity contribution is -0.0534. The first-order valence-corrected chi connectivity index (χ1v) is 6.73. The summed E-state index contributed by atoms with van der Waals surface area (Å²) in [6.45, 7) is 1.49. The quantitative estimate of drug-likeness (QED) is 0.616. The Labute approximate surface area is 104 Å². The molecule has 2 rings (SSSR count). The maximum absolute atomic E-state index is 11.9. The Morgan fingerprint density at radius 2 is 2.00 bits per heavy atom. The monoisotopic (exact) mass is 268 g/mol. The van der Waals surface area contributed by atoms with Gasteiger partial charge in [-0.1, -0.05) is 18.2 Å². The molecule has 1 aromatic carbocycles. The van der Waals surface area contributed by atoms with Gasteiger partial charge in [0.15, 0.2) is 0 Å². The zero-order chi connectivity index (χ0) is 13.5. The third kappa shape index (κ3) is 1.87. The normalized spacial score (nSPS) is 17.8. The largest absolute Gasteiger partial charge is 0.350 e. The van der Waals surface area contributed by atoms with Crippen LogP contribution in [0.1, 0.15) is 12.5 Å². The summed E-state index contributed by atoms with van der Waals surface area (Å²) in [5.74, 6) is 0. The van der Waals surface area contributed by atoms with Crippen LogP contribution >= 0.6 is 0 Å².